The number of unbranched alkanes of at least 4 members (excludes halogenated alkanes) is 1. The summed E-state index contributed by atoms with van der Waals surface area (Å²) < 4.78 is 32.3. The average molecular weight is 583 g/mol. The molecule has 224 valence electrons. The van der Waals surface area contributed by atoms with Crippen molar-refractivity contribution < 1.29 is 27.7 Å². The molecule has 0 saturated carbocycles. The number of ketones is 1. The van der Waals surface area contributed by atoms with Crippen LogP contribution >= 0.6 is 0 Å². The normalized spacial score (nSPS) is 14.4. The Kier molecular flexibility index (Phi) is 11.1. The second-order valence-electron chi connectivity index (χ2n) is 10.4. The molecule has 42 heavy (non-hydrogen) atoms. The van der Waals surface area contributed by atoms with Crippen molar-refractivity contribution in [2.24, 2.45) is 11.7 Å². The molecule has 0 radical (unpaired) electrons. The lowest BCUT2D eigenvalue weighted by Crippen LogP contribution is -2.45. The first-order valence-electron chi connectivity index (χ1n) is 14.2. The first kappa shape index (κ1) is 30.8. The molecule has 2 aromatic carbocycles. The van der Waals surface area contributed by atoms with E-state index in [9.17, 15) is 23.2 Å². The predicted octanol–water partition coefficient (Wildman–Crippen LogP) is 3.66. The maximum absolute atomic E-state index is 13.6. The van der Waals surface area contributed by atoms with Crippen LogP contribution in [0.3, 0.4) is 0 Å². The second-order valence-corrected chi connectivity index (χ2v) is 10.4. The van der Waals surface area contributed by atoms with Crippen LogP contribution in [0.5, 0.6) is 0 Å². The summed E-state index contributed by atoms with van der Waals surface area (Å²) in [5.41, 5.74) is 6.62. The molecule has 10 nitrogen and oxygen atoms in total. The van der Waals surface area contributed by atoms with Gasteiger partial charge in [-0.1, -0.05) is 35.5 Å². The number of hydrogen-bond donors (Lipinski definition) is 3. The largest absolute Gasteiger partial charge is 0.342 e. The number of nitrogens with one attached hydrogen (secondary N) is 2. The van der Waals surface area contributed by atoms with Gasteiger partial charge in [-0.2, -0.15) is 4.98 Å². The van der Waals surface area contributed by atoms with E-state index in [2.05, 4.69) is 20.8 Å². The lowest BCUT2D eigenvalue weighted by Gasteiger charge is -2.31. The second kappa shape index (κ2) is 15.2. The fourth-order valence-corrected chi connectivity index (χ4v) is 4.89. The molecule has 3 amide bonds. The minimum Gasteiger partial charge on any atom is -0.342 e. The van der Waals surface area contributed by atoms with Gasteiger partial charge < -0.3 is 25.8 Å². The molecule has 1 atom stereocenters. The van der Waals surface area contributed by atoms with Crippen molar-refractivity contribution in [2.45, 2.75) is 51.0 Å². The number of nitrogens with two attached hydrogens (primary N) is 1. The van der Waals surface area contributed by atoms with Gasteiger partial charge in [0.05, 0.1) is 6.04 Å². The van der Waals surface area contributed by atoms with Crippen molar-refractivity contribution in [1.29, 1.82) is 0 Å². The number of likely N-dealkylation sites (tertiary alicyclic amines) is 1. The van der Waals surface area contributed by atoms with Crippen LogP contribution in [-0.2, 0) is 12.8 Å². The van der Waals surface area contributed by atoms with E-state index in [-0.39, 0.29) is 29.8 Å². The van der Waals surface area contributed by atoms with Crippen molar-refractivity contribution in [1.82, 2.24) is 25.7 Å². The summed E-state index contributed by atoms with van der Waals surface area (Å²) in [5, 5.41) is 9.40. The zero-order chi connectivity index (χ0) is 29.9. The third-order valence-corrected chi connectivity index (χ3v) is 7.34. The van der Waals surface area contributed by atoms with Gasteiger partial charge in [0, 0.05) is 31.6 Å². The molecule has 0 spiro atoms. The number of amides is 3. The van der Waals surface area contributed by atoms with Crippen molar-refractivity contribution in [2.75, 3.05) is 26.2 Å². The van der Waals surface area contributed by atoms with Crippen LogP contribution in [0.25, 0.3) is 0 Å². The van der Waals surface area contributed by atoms with E-state index in [1.54, 1.807) is 4.90 Å². The number of Topliss-reactive ketones (excluding diaryl/α,β-unsaturated/α-hetero) is 1. The summed E-state index contributed by atoms with van der Waals surface area (Å²) in [6.07, 6.45) is 4.18. The summed E-state index contributed by atoms with van der Waals surface area (Å²) in [7, 11) is 0. The molecule has 1 fully saturated rings. The third kappa shape index (κ3) is 8.65. The summed E-state index contributed by atoms with van der Waals surface area (Å²) in [4.78, 5) is 44.5. The number of piperidine rings is 1. The Morgan fingerprint density at radius 3 is 2.52 bits per heavy atom. The molecule has 2 heterocycles. The van der Waals surface area contributed by atoms with Crippen LogP contribution in [0.15, 0.2) is 53.1 Å². The first-order chi connectivity index (χ1) is 20.3. The van der Waals surface area contributed by atoms with Crippen LogP contribution in [0.2, 0.25) is 0 Å². The molecule has 1 aliphatic rings. The lowest BCUT2D eigenvalue weighted by molar-refractivity contribution is 0.0843. The third-order valence-electron chi connectivity index (χ3n) is 7.34. The molecule has 12 heteroatoms. The zero-order valence-electron chi connectivity index (χ0n) is 23.4. The molecule has 1 unspecified atom stereocenters. The van der Waals surface area contributed by atoms with E-state index in [1.165, 1.54) is 5.56 Å². The molecule has 0 aliphatic carbocycles. The lowest BCUT2D eigenvalue weighted by atomic mass is 9.93. The number of aromatic nitrogens is 2. The summed E-state index contributed by atoms with van der Waals surface area (Å²) in [6.45, 7) is 2.18. The van der Waals surface area contributed by atoms with Gasteiger partial charge in [-0.15, -0.1) is 0 Å². The molecular formula is C30H36F2N6O4. The topological polar surface area (TPSA) is 143 Å². The molecule has 1 saturated heterocycles. The zero-order valence-corrected chi connectivity index (χ0v) is 23.4. The van der Waals surface area contributed by atoms with E-state index < -0.39 is 29.4 Å². The highest BCUT2D eigenvalue weighted by Gasteiger charge is 2.29. The van der Waals surface area contributed by atoms with Crippen molar-refractivity contribution in [3.63, 3.8) is 0 Å². The average Bonchev–Trinajstić information content (AvgIpc) is 3.47. The first-order valence-corrected chi connectivity index (χ1v) is 14.2. The standard InChI is InChI=1S/C30H36F2N6O4/c31-23-10-9-22(19-24(23)32)29(40)35-25(8-4-5-14-33)27(39)28-36-26(42-37-28)18-21-12-16-38(17-13-21)30(41)34-15-11-20-6-2-1-3-7-20/h1-3,6-7,9-10,19,21,25H,4-5,8,11-18,33H2,(H,34,41)(H,35,40). The summed E-state index contributed by atoms with van der Waals surface area (Å²) in [5.74, 6) is -3.16. The Balaban J connectivity index is 1.27. The molecule has 3 aromatic rings. The molecule has 4 N–H and O–H groups in total. The smallest absolute Gasteiger partial charge is 0.317 e. The Morgan fingerprint density at radius 2 is 1.81 bits per heavy atom. The minimum atomic E-state index is -1.16. The highest BCUT2D eigenvalue weighted by Crippen LogP contribution is 2.21. The maximum Gasteiger partial charge on any atom is 0.317 e. The van der Waals surface area contributed by atoms with Gasteiger partial charge in [-0.05, 0) is 74.8 Å². The van der Waals surface area contributed by atoms with E-state index >= 15 is 0 Å². The molecule has 4 rings (SSSR count). The number of nitrogens with zero attached hydrogens (tertiary/aromatic N) is 3. The number of carbonyl (C=O) groups is 3. The summed E-state index contributed by atoms with van der Waals surface area (Å²) >= 11 is 0. The Hall–Kier alpha value is -4.19. The predicted molar refractivity (Wildman–Crippen MR) is 151 cm³/mol. The number of benzene rings is 2. The van der Waals surface area contributed by atoms with E-state index in [0.717, 1.165) is 37.5 Å². The number of carbonyl (C=O) groups excluding carboxylic acids is 3. The Labute approximate surface area is 243 Å². The molecule has 1 aromatic heterocycles. The Bertz CT molecular complexity index is 1340. The molecule has 1 aliphatic heterocycles. The maximum atomic E-state index is 13.6. The van der Waals surface area contributed by atoms with Gasteiger partial charge in [0.25, 0.3) is 5.91 Å². The highest BCUT2D eigenvalue weighted by atomic mass is 19.2. The van der Waals surface area contributed by atoms with Gasteiger partial charge in [-0.3, -0.25) is 9.59 Å². The van der Waals surface area contributed by atoms with Crippen molar-refractivity contribution >= 4 is 17.7 Å². The monoisotopic (exact) mass is 582 g/mol. The van der Waals surface area contributed by atoms with Gasteiger partial charge >= 0.3 is 6.03 Å². The fraction of sp³-hybridized carbons (Fsp3) is 0.433. The van der Waals surface area contributed by atoms with E-state index in [1.807, 2.05) is 30.3 Å². The summed E-state index contributed by atoms with van der Waals surface area (Å²) in [6, 6.07) is 11.7. The van der Waals surface area contributed by atoms with Gasteiger partial charge in [0.15, 0.2) is 11.6 Å². The quantitative estimate of drug-likeness (QED) is 0.206. The van der Waals surface area contributed by atoms with Crippen LogP contribution < -0.4 is 16.4 Å². The SMILES string of the molecule is NCCCCC(NC(=O)c1ccc(F)c(F)c1)C(=O)c1noc(CC2CCN(C(=O)NCCc3ccccc3)CC2)n1. The fourth-order valence-electron chi connectivity index (χ4n) is 4.89. The number of urea groups is 1. The van der Waals surface area contributed by atoms with Gasteiger partial charge in [0.1, 0.15) is 0 Å². The van der Waals surface area contributed by atoms with Crippen molar-refractivity contribution in [3.8, 4) is 0 Å². The van der Waals surface area contributed by atoms with Crippen LogP contribution in [0, 0.1) is 17.6 Å². The van der Waals surface area contributed by atoms with Crippen LogP contribution in [0.1, 0.15) is 64.5 Å². The van der Waals surface area contributed by atoms with E-state index in [0.29, 0.717) is 51.3 Å². The van der Waals surface area contributed by atoms with Crippen LogP contribution in [-0.4, -0.2) is 65.0 Å². The molecular weight excluding hydrogens is 546 g/mol. The number of rotatable bonds is 13. The van der Waals surface area contributed by atoms with Crippen LogP contribution in [0.4, 0.5) is 13.6 Å². The Morgan fingerprint density at radius 1 is 1.05 bits per heavy atom. The van der Waals surface area contributed by atoms with Gasteiger partial charge in [-0.25, -0.2) is 13.6 Å². The molecule has 0 bridgehead atoms. The number of halogens is 2. The highest BCUT2D eigenvalue weighted by molar-refractivity contribution is 6.02. The van der Waals surface area contributed by atoms with E-state index in [4.69, 9.17) is 10.3 Å². The minimum absolute atomic E-state index is 0.0823. The number of hydrogen-bond acceptors (Lipinski definition) is 7. The van der Waals surface area contributed by atoms with Crippen molar-refractivity contribution in [3.05, 3.63) is 83.0 Å². The van der Waals surface area contributed by atoms with Gasteiger partial charge in [0.2, 0.25) is 17.5 Å².